The Bertz CT molecular complexity index is 4460. The monoisotopic (exact) mass is 1050 g/mol. The molecule has 15 rings (SSSR count). The number of hydrogen-bond acceptors (Lipinski definition) is 2. The van der Waals surface area contributed by atoms with E-state index < -0.39 is 0 Å². The number of aromatic nitrogens is 2. The molecule has 0 aliphatic carbocycles. The van der Waals surface area contributed by atoms with E-state index in [0.29, 0.717) is 0 Å². The van der Waals surface area contributed by atoms with Crippen molar-refractivity contribution in [3.05, 3.63) is 328 Å². The van der Waals surface area contributed by atoms with E-state index in [9.17, 15) is 0 Å². The molecule has 0 fully saturated rings. The molecule has 4 nitrogen and oxygen atoms in total. The van der Waals surface area contributed by atoms with Gasteiger partial charge in [0.2, 0.25) is 0 Å². The molecule has 0 aliphatic heterocycles. The highest BCUT2D eigenvalue weighted by Crippen LogP contribution is 2.44. The maximum Gasteiger partial charge on any atom is 0.0542 e. The molecule has 2 heterocycles. The van der Waals surface area contributed by atoms with Gasteiger partial charge in [-0.1, -0.05) is 206 Å². The minimum atomic E-state index is 1.07. The van der Waals surface area contributed by atoms with Gasteiger partial charge in [0.1, 0.15) is 0 Å². The highest BCUT2D eigenvalue weighted by Gasteiger charge is 2.22. The van der Waals surface area contributed by atoms with Crippen molar-refractivity contribution in [3.8, 4) is 56.1 Å². The first-order valence-corrected chi connectivity index (χ1v) is 28.1. The second-order valence-corrected chi connectivity index (χ2v) is 21.0. The summed E-state index contributed by atoms with van der Waals surface area (Å²) >= 11 is 0. The van der Waals surface area contributed by atoms with Crippen molar-refractivity contribution >= 4 is 77.5 Å². The summed E-state index contributed by atoms with van der Waals surface area (Å²) in [6, 6.07) is 119. The van der Waals surface area contributed by atoms with Crippen LogP contribution in [-0.4, -0.2) is 9.13 Å². The third kappa shape index (κ3) is 8.76. The maximum absolute atomic E-state index is 2.46. The van der Waals surface area contributed by atoms with Crippen LogP contribution in [0.1, 0.15) is 0 Å². The fraction of sp³-hybridized carbons (Fsp3) is 0. The van der Waals surface area contributed by atoms with Gasteiger partial charge in [-0.15, -0.1) is 0 Å². The zero-order valence-corrected chi connectivity index (χ0v) is 45.0. The molecule has 82 heavy (non-hydrogen) atoms. The molecule has 0 saturated carbocycles. The van der Waals surface area contributed by atoms with Gasteiger partial charge in [0.15, 0.2) is 0 Å². The van der Waals surface area contributed by atoms with Crippen LogP contribution in [0.2, 0.25) is 0 Å². The Morgan fingerprint density at radius 2 is 0.524 bits per heavy atom. The molecule has 0 radical (unpaired) electrons. The summed E-state index contributed by atoms with van der Waals surface area (Å²) in [5.74, 6) is 0. The molecule has 0 saturated heterocycles. The number of benzene rings is 13. The molecule has 2 aromatic heterocycles. The summed E-state index contributed by atoms with van der Waals surface area (Å²) in [7, 11) is 0. The highest BCUT2D eigenvalue weighted by molar-refractivity contribution is 6.04. The minimum Gasteiger partial charge on any atom is -0.310 e. The van der Waals surface area contributed by atoms with Crippen molar-refractivity contribution in [2.75, 3.05) is 9.80 Å². The van der Waals surface area contributed by atoms with E-state index in [0.717, 1.165) is 89.8 Å². The van der Waals surface area contributed by atoms with Crippen LogP contribution in [0, 0.1) is 0 Å². The maximum atomic E-state index is 2.46. The molecule has 13 aromatic carbocycles. The third-order valence-electron chi connectivity index (χ3n) is 16.0. The summed E-state index contributed by atoms with van der Waals surface area (Å²) in [5, 5.41) is 7.09. The van der Waals surface area contributed by atoms with Gasteiger partial charge in [0.25, 0.3) is 0 Å². The Hall–Kier alpha value is -10.9. The largest absolute Gasteiger partial charge is 0.310 e. The molecule has 386 valence electrons. The quantitative estimate of drug-likeness (QED) is 0.121. The van der Waals surface area contributed by atoms with Crippen molar-refractivity contribution < 1.29 is 0 Å². The SMILES string of the molecule is c1ccc(-c2cccc(-c3cc4cc5c(cc(-c6cccc(-c7ccccc7)c6)n5-c5ccc(N(c6ccccc6)c6cccc7ccccc67)cc5)cc4n3-c3ccc(N(c4ccccc4)c4cccc5ccccc45)cc3)c2)cc1. The second-order valence-electron chi connectivity index (χ2n) is 21.0. The molecule has 15 aromatic rings. The van der Waals surface area contributed by atoms with Gasteiger partial charge >= 0.3 is 0 Å². The molecule has 0 amide bonds. The van der Waals surface area contributed by atoms with Gasteiger partial charge in [-0.25, -0.2) is 0 Å². The number of anilines is 6. The van der Waals surface area contributed by atoms with Crippen molar-refractivity contribution in [2.45, 2.75) is 0 Å². The van der Waals surface area contributed by atoms with Crippen molar-refractivity contribution in [1.82, 2.24) is 9.13 Å². The standard InChI is InChI=1S/C78H54N4/c1-5-21-55(22-6-1)59-29-17-31-61(49-59)75-51-63-53-78-64(54-77(63)81(75)69-45-41-67(42-46-69)79(65-33-9-3-10-34-65)73-39-19-27-57-25-13-15-37-71(57)73)52-76(62-32-18-30-60(50-62)56-23-7-2-8-24-56)82(78)70-47-43-68(44-48-70)80(66-35-11-4-12-36-66)74-40-20-28-58-26-14-16-38-72(58)74/h1-54H. The second kappa shape index (κ2) is 20.7. The van der Waals surface area contributed by atoms with Gasteiger partial charge in [-0.3, -0.25) is 0 Å². The van der Waals surface area contributed by atoms with E-state index in [-0.39, 0.29) is 0 Å². The Morgan fingerprint density at radius 1 is 0.207 bits per heavy atom. The fourth-order valence-corrected chi connectivity index (χ4v) is 12.2. The van der Waals surface area contributed by atoms with E-state index in [1.54, 1.807) is 0 Å². The van der Waals surface area contributed by atoms with Crippen LogP contribution in [0.4, 0.5) is 34.1 Å². The fourth-order valence-electron chi connectivity index (χ4n) is 12.2. The van der Waals surface area contributed by atoms with Crippen molar-refractivity contribution in [3.63, 3.8) is 0 Å². The topological polar surface area (TPSA) is 16.3 Å². The predicted molar refractivity (Wildman–Crippen MR) is 346 cm³/mol. The lowest BCUT2D eigenvalue weighted by atomic mass is 10.0. The van der Waals surface area contributed by atoms with E-state index in [1.807, 2.05) is 0 Å². The first-order chi connectivity index (χ1) is 40.7. The molecule has 0 N–H and O–H groups in total. The summed E-state index contributed by atoms with van der Waals surface area (Å²) in [5.41, 5.74) is 20.2. The molecule has 0 aliphatic rings. The molecule has 0 unspecified atom stereocenters. The Kier molecular flexibility index (Phi) is 12.2. The van der Waals surface area contributed by atoms with E-state index in [4.69, 9.17) is 0 Å². The van der Waals surface area contributed by atoms with Gasteiger partial charge in [0.05, 0.1) is 33.8 Å². The predicted octanol–water partition coefficient (Wildman–Crippen LogP) is 21.5. The first-order valence-electron chi connectivity index (χ1n) is 28.1. The third-order valence-corrected chi connectivity index (χ3v) is 16.0. The van der Waals surface area contributed by atoms with Crippen molar-refractivity contribution in [1.29, 1.82) is 0 Å². The number of rotatable bonds is 12. The van der Waals surface area contributed by atoms with Crippen LogP contribution in [0.5, 0.6) is 0 Å². The number of nitrogens with zero attached hydrogens (tertiary/aromatic N) is 4. The summed E-state index contributed by atoms with van der Waals surface area (Å²) < 4.78 is 4.92. The lowest BCUT2D eigenvalue weighted by Crippen LogP contribution is -2.10. The van der Waals surface area contributed by atoms with E-state index >= 15 is 0 Å². The normalized spacial score (nSPS) is 11.4. The van der Waals surface area contributed by atoms with Crippen LogP contribution in [0.3, 0.4) is 0 Å². The van der Waals surface area contributed by atoms with Crippen LogP contribution in [0.25, 0.3) is 99.5 Å². The molecule has 0 bridgehead atoms. The van der Waals surface area contributed by atoms with Gasteiger partial charge in [0, 0.05) is 55.7 Å². The minimum absolute atomic E-state index is 1.07. The number of hydrogen-bond donors (Lipinski definition) is 0. The lowest BCUT2D eigenvalue weighted by Gasteiger charge is -2.27. The molecular formula is C78H54N4. The average Bonchev–Trinajstić information content (AvgIpc) is 4.24. The van der Waals surface area contributed by atoms with E-state index in [1.165, 1.54) is 43.8 Å². The van der Waals surface area contributed by atoms with Crippen LogP contribution >= 0.6 is 0 Å². The molecule has 4 heteroatoms. The lowest BCUT2D eigenvalue weighted by molar-refractivity contribution is 1.13. The van der Waals surface area contributed by atoms with Crippen LogP contribution in [-0.2, 0) is 0 Å². The summed E-state index contributed by atoms with van der Waals surface area (Å²) in [6.07, 6.45) is 0. The summed E-state index contributed by atoms with van der Waals surface area (Å²) in [6.45, 7) is 0. The Labute approximate surface area is 477 Å². The van der Waals surface area contributed by atoms with E-state index in [2.05, 4.69) is 347 Å². The molecule has 0 spiro atoms. The number of fused-ring (bicyclic) bond motifs is 4. The zero-order valence-electron chi connectivity index (χ0n) is 45.0. The van der Waals surface area contributed by atoms with Crippen LogP contribution in [0.15, 0.2) is 328 Å². The van der Waals surface area contributed by atoms with Gasteiger partial charge in [-0.2, -0.15) is 0 Å². The van der Waals surface area contributed by atoms with Gasteiger partial charge in [-0.05, 0) is 165 Å². The highest BCUT2D eigenvalue weighted by atomic mass is 15.2. The van der Waals surface area contributed by atoms with Crippen LogP contribution < -0.4 is 9.80 Å². The van der Waals surface area contributed by atoms with Gasteiger partial charge < -0.3 is 18.9 Å². The average molecular weight is 1050 g/mol. The zero-order chi connectivity index (χ0) is 54.3. The smallest absolute Gasteiger partial charge is 0.0542 e. The Balaban J connectivity index is 0.924. The molecule has 0 atom stereocenters. The Morgan fingerprint density at radius 3 is 0.939 bits per heavy atom. The van der Waals surface area contributed by atoms with Crippen molar-refractivity contribution in [2.24, 2.45) is 0 Å². The number of para-hydroxylation sites is 2. The molecular weight excluding hydrogens is 993 g/mol. The summed E-state index contributed by atoms with van der Waals surface area (Å²) in [4.78, 5) is 4.75. The first kappa shape index (κ1) is 48.2.